The van der Waals surface area contributed by atoms with Crippen molar-refractivity contribution in [3.05, 3.63) is 72.6 Å². The fourth-order valence-corrected chi connectivity index (χ4v) is 2.01. The fraction of sp³-hybridized carbons (Fsp3) is 0.133. The molecule has 0 radical (unpaired) electrons. The van der Waals surface area contributed by atoms with Crippen molar-refractivity contribution >= 4 is 16.3 Å². The van der Waals surface area contributed by atoms with Crippen LogP contribution in [0.1, 0.15) is 6.92 Å². The van der Waals surface area contributed by atoms with Gasteiger partial charge >= 0.3 is 15.6 Å². The predicted octanol–water partition coefficient (Wildman–Crippen LogP) is 3.88. The van der Waals surface area contributed by atoms with Crippen molar-refractivity contribution in [1.29, 1.82) is 0 Å². The van der Waals surface area contributed by atoms with Crippen molar-refractivity contribution in [3.63, 3.8) is 0 Å². The number of ether oxygens (including phenoxy) is 1. The Balaban J connectivity index is 3.57. The smallest absolute Gasteiger partial charge is 0.459 e. The van der Waals surface area contributed by atoms with Crippen molar-refractivity contribution in [2.75, 3.05) is 0 Å². The maximum Gasteiger partial charge on any atom is 0.534 e. The molecule has 1 rings (SSSR count). The van der Waals surface area contributed by atoms with Crippen LogP contribution in [-0.2, 0) is 19.0 Å². The van der Waals surface area contributed by atoms with E-state index in [0.29, 0.717) is 0 Å². The van der Waals surface area contributed by atoms with Gasteiger partial charge in [-0.1, -0.05) is 31.9 Å². The van der Waals surface area contributed by atoms with Gasteiger partial charge in [-0.3, -0.25) is 4.99 Å². The molecule has 0 aromatic rings. The second kappa shape index (κ2) is 7.35. The van der Waals surface area contributed by atoms with E-state index >= 15 is 0 Å². The van der Waals surface area contributed by atoms with Crippen LogP contribution in [0.25, 0.3) is 0 Å². The molecule has 0 amide bonds. The number of nitrogens with zero attached hydrogens (tertiary/aromatic N) is 1. The first-order chi connectivity index (χ1) is 11.1. The molecule has 0 atom stereocenters. The zero-order valence-corrected chi connectivity index (χ0v) is 13.4. The number of halogens is 3. The van der Waals surface area contributed by atoms with Crippen LogP contribution < -0.4 is 0 Å². The molecule has 0 aliphatic carbocycles. The zero-order chi connectivity index (χ0) is 18.5. The highest BCUT2D eigenvalue weighted by Crippen LogP contribution is 2.33. The molecule has 1 aliphatic heterocycles. The lowest BCUT2D eigenvalue weighted by atomic mass is 10.1. The van der Waals surface area contributed by atoms with Crippen molar-refractivity contribution in [2.24, 2.45) is 4.99 Å². The summed E-state index contributed by atoms with van der Waals surface area (Å²) < 4.78 is 70.0. The van der Waals surface area contributed by atoms with Crippen LogP contribution in [0.15, 0.2) is 77.6 Å². The van der Waals surface area contributed by atoms with Crippen LogP contribution in [0.3, 0.4) is 0 Å². The molecule has 0 saturated carbocycles. The fourth-order valence-electron chi connectivity index (χ4n) is 1.55. The number of rotatable bonds is 6. The van der Waals surface area contributed by atoms with Crippen molar-refractivity contribution in [3.8, 4) is 0 Å². The Morgan fingerprint density at radius 3 is 2.33 bits per heavy atom. The monoisotopic (exact) mass is 361 g/mol. The summed E-state index contributed by atoms with van der Waals surface area (Å²) >= 11 is 0. The first-order valence-electron chi connectivity index (χ1n) is 6.33. The van der Waals surface area contributed by atoms with Gasteiger partial charge in [0.25, 0.3) is 0 Å². The summed E-state index contributed by atoms with van der Waals surface area (Å²) in [6.45, 7) is 11.8. The molecule has 0 spiro atoms. The summed E-state index contributed by atoms with van der Waals surface area (Å²) in [7, 11) is -5.88. The summed E-state index contributed by atoms with van der Waals surface area (Å²) in [5.74, 6) is -0.495. The van der Waals surface area contributed by atoms with Gasteiger partial charge in [0.05, 0.1) is 5.57 Å². The van der Waals surface area contributed by atoms with E-state index in [1.165, 1.54) is 25.3 Å². The van der Waals surface area contributed by atoms with Gasteiger partial charge in [-0.25, -0.2) is 0 Å². The molecule has 0 fully saturated rings. The molecule has 1 heterocycles. The van der Waals surface area contributed by atoms with Crippen LogP contribution >= 0.6 is 0 Å². The lowest BCUT2D eigenvalue weighted by Gasteiger charge is -2.13. The van der Waals surface area contributed by atoms with Crippen molar-refractivity contribution < 1.29 is 30.5 Å². The molecule has 0 unspecified atom stereocenters. The van der Waals surface area contributed by atoms with E-state index in [-0.39, 0.29) is 22.8 Å². The summed E-state index contributed by atoms with van der Waals surface area (Å²) in [6, 6.07) is 0. The summed E-state index contributed by atoms with van der Waals surface area (Å²) in [4.78, 5) is 3.91. The minimum absolute atomic E-state index is 0.0325. The third-order valence-corrected chi connectivity index (χ3v) is 3.58. The van der Waals surface area contributed by atoms with E-state index in [1.54, 1.807) is 0 Å². The van der Waals surface area contributed by atoms with E-state index in [2.05, 4.69) is 28.9 Å². The number of allylic oxidation sites excluding steroid dienone is 5. The molecule has 0 aromatic carbocycles. The average molecular weight is 361 g/mol. The zero-order valence-electron chi connectivity index (χ0n) is 12.6. The quantitative estimate of drug-likeness (QED) is 0.409. The molecule has 9 heteroatoms. The highest BCUT2D eigenvalue weighted by atomic mass is 32.2. The average Bonchev–Trinajstić information content (AvgIpc) is 2.60. The topological polar surface area (TPSA) is 65.0 Å². The van der Waals surface area contributed by atoms with Crippen LogP contribution in [-0.4, -0.2) is 20.1 Å². The van der Waals surface area contributed by atoms with Gasteiger partial charge in [0.15, 0.2) is 5.76 Å². The van der Waals surface area contributed by atoms with Gasteiger partial charge in [-0.2, -0.15) is 21.6 Å². The molecule has 1 aliphatic rings. The van der Waals surface area contributed by atoms with Gasteiger partial charge in [0.1, 0.15) is 17.2 Å². The number of hydrogen-bond donors (Lipinski definition) is 0. The normalized spacial score (nSPS) is 16.4. The van der Waals surface area contributed by atoms with Gasteiger partial charge in [-0.15, -0.1) is 0 Å². The van der Waals surface area contributed by atoms with E-state index < -0.39 is 21.4 Å². The van der Waals surface area contributed by atoms with E-state index in [1.807, 2.05) is 0 Å². The van der Waals surface area contributed by atoms with Crippen molar-refractivity contribution in [1.82, 2.24) is 0 Å². The first-order valence-corrected chi connectivity index (χ1v) is 7.74. The summed E-state index contributed by atoms with van der Waals surface area (Å²) in [5, 5.41) is 0. The Morgan fingerprint density at radius 1 is 1.25 bits per heavy atom. The van der Waals surface area contributed by atoms with Crippen molar-refractivity contribution in [2.45, 2.75) is 12.4 Å². The maximum absolute atomic E-state index is 12.6. The molecule has 130 valence electrons. The van der Waals surface area contributed by atoms with E-state index in [4.69, 9.17) is 4.74 Å². The van der Waals surface area contributed by atoms with Crippen LogP contribution in [0.2, 0.25) is 0 Å². The van der Waals surface area contributed by atoms with Gasteiger partial charge in [0.2, 0.25) is 0 Å². The third-order valence-electron chi connectivity index (χ3n) is 2.61. The maximum atomic E-state index is 12.6. The summed E-state index contributed by atoms with van der Waals surface area (Å²) in [6.07, 6.45) is 5.83. The number of alkyl halides is 3. The SMILES string of the molecule is C=CC=NC1=C(C)OC(C=C)=C(C=C)C(OS(=O)(=O)C(F)(F)F)=C1. The Hall–Kier alpha value is -2.55. The molecule has 0 bridgehead atoms. The minimum Gasteiger partial charge on any atom is -0.459 e. The Bertz CT molecular complexity index is 784. The Morgan fingerprint density at radius 2 is 1.88 bits per heavy atom. The Labute approximate surface area is 137 Å². The third kappa shape index (κ3) is 4.25. The van der Waals surface area contributed by atoms with Gasteiger partial charge < -0.3 is 8.92 Å². The molecule has 0 saturated heterocycles. The van der Waals surface area contributed by atoms with Gasteiger partial charge in [0, 0.05) is 12.3 Å². The molecular weight excluding hydrogens is 347 g/mol. The lowest BCUT2D eigenvalue weighted by Crippen LogP contribution is -2.25. The standard InChI is InChI=1S/C15H14F3NO4S/c1-5-8-19-12-9-14(23-24(20,21)15(16,17)18)11(6-2)13(7-3)22-10(12)4/h5-9H,1-3H2,4H3. The first kappa shape index (κ1) is 19.5. The van der Waals surface area contributed by atoms with E-state index in [0.717, 1.165) is 12.2 Å². The molecular formula is C15H14F3NO4S. The Kier molecular flexibility index (Phi) is 5.97. The second-order valence-electron chi connectivity index (χ2n) is 4.24. The second-order valence-corrected chi connectivity index (χ2v) is 5.77. The van der Waals surface area contributed by atoms with Crippen LogP contribution in [0.5, 0.6) is 0 Å². The van der Waals surface area contributed by atoms with Gasteiger partial charge in [-0.05, 0) is 13.0 Å². The molecule has 0 N–H and O–H groups in total. The number of aliphatic imine (C=N–C) groups is 1. The minimum atomic E-state index is -5.88. The highest BCUT2D eigenvalue weighted by molar-refractivity contribution is 7.87. The predicted molar refractivity (Wildman–Crippen MR) is 84.0 cm³/mol. The van der Waals surface area contributed by atoms with E-state index in [9.17, 15) is 21.6 Å². The van der Waals surface area contributed by atoms with Crippen LogP contribution in [0.4, 0.5) is 13.2 Å². The molecule has 0 aromatic heterocycles. The summed E-state index contributed by atoms with van der Waals surface area (Å²) in [5.41, 5.74) is -5.68. The lowest BCUT2D eigenvalue weighted by molar-refractivity contribution is -0.0520. The number of hydrogen-bond acceptors (Lipinski definition) is 5. The highest BCUT2D eigenvalue weighted by Gasteiger charge is 2.49. The molecule has 5 nitrogen and oxygen atoms in total. The largest absolute Gasteiger partial charge is 0.534 e. The molecule has 24 heavy (non-hydrogen) atoms. The van der Waals surface area contributed by atoms with Crippen LogP contribution in [0, 0.1) is 0 Å².